The normalized spacial score (nSPS) is 11.4. The summed E-state index contributed by atoms with van der Waals surface area (Å²) in [5, 5.41) is 2.46. The average Bonchev–Trinajstić information content (AvgIpc) is 2.54. The summed E-state index contributed by atoms with van der Waals surface area (Å²) in [6, 6.07) is 16.2. The highest BCUT2D eigenvalue weighted by Crippen LogP contribution is 2.35. The van der Waals surface area contributed by atoms with E-state index in [2.05, 4.69) is 50.1 Å². The molecule has 0 aromatic heterocycles. The van der Waals surface area contributed by atoms with Crippen LogP contribution in [-0.2, 0) is 11.8 Å². The quantitative estimate of drug-likeness (QED) is 0.539. The summed E-state index contributed by atoms with van der Waals surface area (Å²) in [7, 11) is 1.71. The smallest absolute Gasteiger partial charge is 0.122 e. The summed E-state index contributed by atoms with van der Waals surface area (Å²) < 4.78 is 5.48. The molecule has 2 aromatic rings. The average molecular weight is 433 g/mol. The molecule has 0 bridgehead atoms. The van der Waals surface area contributed by atoms with Crippen molar-refractivity contribution in [3.63, 3.8) is 0 Å². The number of rotatable bonds is 6. The molecule has 0 saturated carbocycles. The second-order valence-corrected chi connectivity index (χ2v) is 6.60. The van der Waals surface area contributed by atoms with Crippen molar-refractivity contribution >= 4 is 43.5 Å². The highest BCUT2D eigenvalue weighted by Gasteiger charge is 2.31. The van der Waals surface area contributed by atoms with Gasteiger partial charge in [0.15, 0.2) is 0 Å². The molecule has 0 fully saturated rings. The fourth-order valence-corrected chi connectivity index (χ4v) is 4.50. The lowest BCUT2D eigenvalue weighted by atomic mass is 9.79. The van der Waals surface area contributed by atoms with Crippen molar-refractivity contribution in [3.05, 3.63) is 64.7 Å². The van der Waals surface area contributed by atoms with Crippen LogP contribution in [0.2, 0.25) is 5.02 Å². The minimum Gasteiger partial charge on any atom is -0.496 e. The molecular weight excluding hydrogens is 415 g/mol. The Hall–Kier alpha value is -0.510. The third kappa shape index (κ3) is 3.82. The lowest BCUT2D eigenvalue weighted by molar-refractivity contribution is 0.404. The van der Waals surface area contributed by atoms with Gasteiger partial charge in [-0.15, -0.1) is 0 Å². The Bertz CT molecular complexity index is 580. The van der Waals surface area contributed by atoms with Gasteiger partial charge in [0, 0.05) is 21.1 Å². The third-order valence-electron chi connectivity index (χ3n) is 3.69. The second kappa shape index (κ2) is 7.66. The van der Waals surface area contributed by atoms with Gasteiger partial charge >= 0.3 is 0 Å². The van der Waals surface area contributed by atoms with E-state index in [4.69, 9.17) is 16.3 Å². The van der Waals surface area contributed by atoms with Crippen LogP contribution in [0.25, 0.3) is 0 Å². The van der Waals surface area contributed by atoms with Crippen LogP contribution >= 0.6 is 43.5 Å². The van der Waals surface area contributed by atoms with Crippen LogP contribution in [0.3, 0.4) is 0 Å². The second-order valence-electron chi connectivity index (χ2n) is 5.04. The van der Waals surface area contributed by atoms with E-state index in [-0.39, 0.29) is 5.41 Å². The molecule has 21 heavy (non-hydrogen) atoms. The van der Waals surface area contributed by atoms with E-state index in [0.29, 0.717) is 0 Å². The van der Waals surface area contributed by atoms with Crippen LogP contribution in [-0.4, -0.2) is 17.8 Å². The van der Waals surface area contributed by atoms with Gasteiger partial charge in [0.05, 0.1) is 7.11 Å². The van der Waals surface area contributed by atoms with E-state index < -0.39 is 0 Å². The first-order valence-electron chi connectivity index (χ1n) is 6.65. The van der Waals surface area contributed by atoms with Gasteiger partial charge in [-0.2, -0.15) is 0 Å². The number of hydrogen-bond acceptors (Lipinski definition) is 1. The molecule has 0 spiro atoms. The Labute approximate surface area is 147 Å². The van der Waals surface area contributed by atoms with Crippen LogP contribution in [0.4, 0.5) is 0 Å². The number of methoxy groups -OCH3 is 1. The lowest BCUT2D eigenvalue weighted by Crippen LogP contribution is -2.33. The summed E-state index contributed by atoms with van der Waals surface area (Å²) in [4.78, 5) is 0. The fraction of sp³-hybridized carbons (Fsp3) is 0.294. The van der Waals surface area contributed by atoms with E-state index >= 15 is 0 Å². The van der Waals surface area contributed by atoms with Gasteiger partial charge in [-0.3, -0.25) is 0 Å². The fourth-order valence-electron chi connectivity index (χ4n) is 2.40. The Morgan fingerprint density at radius 1 is 1.00 bits per heavy atom. The maximum Gasteiger partial charge on any atom is 0.122 e. The Morgan fingerprint density at radius 2 is 1.62 bits per heavy atom. The van der Waals surface area contributed by atoms with Crippen LogP contribution in [0.5, 0.6) is 5.75 Å². The first-order valence-corrected chi connectivity index (χ1v) is 9.27. The standard InChI is InChI=1S/C17H17Br2ClO/c1-21-16-5-3-2-4-13(16)10-17(11-18,12-19)14-6-8-15(20)9-7-14/h2-9H,10-12H2,1H3. The molecule has 0 N–H and O–H groups in total. The van der Waals surface area contributed by atoms with Crippen LogP contribution in [0.15, 0.2) is 48.5 Å². The molecule has 0 saturated heterocycles. The van der Waals surface area contributed by atoms with E-state index in [1.807, 2.05) is 30.3 Å². The molecule has 0 atom stereocenters. The van der Waals surface area contributed by atoms with Crippen molar-refractivity contribution in [1.82, 2.24) is 0 Å². The van der Waals surface area contributed by atoms with Crippen molar-refractivity contribution in [2.24, 2.45) is 0 Å². The van der Waals surface area contributed by atoms with Gasteiger partial charge < -0.3 is 4.74 Å². The van der Waals surface area contributed by atoms with E-state index in [0.717, 1.165) is 27.9 Å². The van der Waals surface area contributed by atoms with Crippen LogP contribution < -0.4 is 4.74 Å². The zero-order valence-electron chi connectivity index (χ0n) is 11.8. The molecule has 0 aliphatic heterocycles. The highest BCUT2D eigenvalue weighted by molar-refractivity contribution is 9.09. The highest BCUT2D eigenvalue weighted by atomic mass is 79.9. The van der Waals surface area contributed by atoms with Crippen molar-refractivity contribution in [2.45, 2.75) is 11.8 Å². The van der Waals surface area contributed by atoms with Gasteiger partial charge in [0.1, 0.15) is 5.75 Å². The number of alkyl halides is 2. The van der Waals surface area contributed by atoms with Crippen molar-refractivity contribution in [3.8, 4) is 5.75 Å². The first-order chi connectivity index (χ1) is 10.1. The topological polar surface area (TPSA) is 9.23 Å². The maximum atomic E-state index is 6.01. The van der Waals surface area contributed by atoms with Gasteiger partial charge in [-0.1, -0.05) is 73.8 Å². The van der Waals surface area contributed by atoms with Gasteiger partial charge in [0.2, 0.25) is 0 Å². The molecule has 0 radical (unpaired) electrons. The summed E-state index contributed by atoms with van der Waals surface area (Å²) >= 11 is 13.4. The van der Waals surface area contributed by atoms with Crippen LogP contribution in [0, 0.1) is 0 Å². The molecule has 0 aliphatic rings. The van der Waals surface area contributed by atoms with Crippen molar-refractivity contribution in [2.75, 3.05) is 17.8 Å². The Balaban J connectivity index is 2.40. The molecule has 112 valence electrons. The summed E-state index contributed by atoms with van der Waals surface area (Å²) in [6.07, 6.45) is 0.884. The van der Waals surface area contributed by atoms with Crippen molar-refractivity contribution in [1.29, 1.82) is 0 Å². The lowest BCUT2D eigenvalue weighted by Gasteiger charge is -2.31. The van der Waals surface area contributed by atoms with Gasteiger partial charge in [0.25, 0.3) is 0 Å². The van der Waals surface area contributed by atoms with E-state index in [1.54, 1.807) is 7.11 Å². The number of para-hydroxylation sites is 1. The molecule has 2 rings (SSSR count). The molecule has 0 unspecified atom stereocenters. The number of ether oxygens (including phenoxy) is 1. The zero-order valence-corrected chi connectivity index (χ0v) is 15.7. The van der Waals surface area contributed by atoms with Crippen LogP contribution in [0.1, 0.15) is 11.1 Å². The molecular formula is C17H17Br2ClO. The summed E-state index contributed by atoms with van der Waals surface area (Å²) in [5.74, 6) is 0.928. The maximum absolute atomic E-state index is 6.01. The first kappa shape index (κ1) is 16.9. The predicted octanol–water partition coefficient (Wildman–Crippen LogP) is 5.62. The minimum absolute atomic E-state index is 0.0424. The molecule has 4 heteroatoms. The number of benzene rings is 2. The predicted molar refractivity (Wildman–Crippen MR) is 97.4 cm³/mol. The van der Waals surface area contributed by atoms with Gasteiger partial charge in [-0.05, 0) is 35.7 Å². The minimum atomic E-state index is -0.0424. The summed E-state index contributed by atoms with van der Waals surface area (Å²) in [5.41, 5.74) is 2.42. The molecule has 0 aliphatic carbocycles. The number of halogens is 3. The molecule has 0 heterocycles. The number of hydrogen-bond donors (Lipinski definition) is 0. The zero-order chi connectivity index (χ0) is 15.3. The summed E-state index contributed by atoms with van der Waals surface area (Å²) in [6.45, 7) is 0. The van der Waals surface area contributed by atoms with E-state index in [1.165, 1.54) is 11.1 Å². The van der Waals surface area contributed by atoms with Crippen molar-refractivity contribution < 1.29 is 4.74 Å². The Kier molecular flexibility index (Phi) is 6.15. The largest absolute Gasteiger partial charge is 0.496 e. The third-order valence-corrected chi connectivity index (χ3v) is 6.09. The molecule has 0 amide bonds. The monoisotopic (exact) mass is 430 g/mol. The van der Waals surface area contributed by atoms with Gasteiger partial charge in [-0.25, -0.2) is 0 Å². The Morgan fingerprint density at radius 3 is 2.19 bits per heavy atom. The SMILES string of the molecule is COc1ccccc1CC(CBr)(CBr)c1ccc(Cl)cc1. The molecule has 2 aromatic carbocycles. The molecule has 1 nitrogen and oxygen atoms in total. The van der Waals surface area contributed by atoms with E-state index in [9.17, 15) is 0 Å².